The third kappa shape index (κ3) is 9.19. The molecule has 2 aliphatic heterocycles. The summed E-state index contributed by atoms with van der Waals surface area (Å²) in [6.45, 7) is 4.39. The molecule has 9 heteroatoms. The Labute approximate surface area is 352 Å². The van der Waals surface area contributed by atoms with E-state index in [-0.39, 0.29) is 46.8 Å². The number of carbonyl (C=O) groups is 3. The highest BCUT2D eigenvalue weighted by Crippen LogP contribution is 2.55. The molecule has 1 unspecified atom stereocenters. The Morgan fingerprint density at radius 2 is 1.22 bits per heavy atom. The molecule has 0 bridgehead atoms. The van der Waals surface area contributed by atoms with E-state index in [2.05, 4.69) is 32.1 Å². The van der Waals surface area contributed by atoms with Crippen LogP contribution < -0.4 is 9.47 Å². The molecule has 10 rings (SSSR count). The number of alkyl halides is 1. The van der Waals surface area contributed by atoms with Gasteiger partial charge in [-0.25, -0.2) is 0 Å². The zero-order chi connectivity index (χ0) is 41.1. The summed E-state index contributed by atoms with van der Waals surface area (Å²) in [6, 6.07) is 27.9. The number of ketones is 1. The zero-order valence-corrected chi connectivity index (χ0v) is 35.0. The Hall–Kier alpha value is -4.40. The lowest BCUT2D eigenvalue weighted by molar-refractivity contribution is -0.157. The molecule has 5 fully saturated rings. The van der Waals surface area contributed by atoms with Crippen LogP contribution >= 0.6 is 11.6 Å². The van der Waals surface area contributed by atoms with E-state index < -0.39 is 18.2 Å². The van der Waals surface area contributed by atoms with E-state index in [1.807, 2.05) is 72.8 Å². The molecule has 2 heterocycles. The first-order valence-electron chi connectivity index (χ1n) is 21.7. The normalized spacial score (nSPS) is 30.9. The van der Waals surface area contributed by atoms with Gasteiger partial charge in [0.2, 0.25) is 12.6 Å². The maximum absolute atomic E-state index is 12.5. The van der Waals surface area contributed by atoms with Crippen molar-refractivity contribution in [3.63, 3.8) is 0 Å². The minimum Gasteiger partial charge on any atom is -0.454 e. The molecule has 0 aromatic heterocycles. The molecule has 4 aromatic carbocycles. The lowest BCUT2D eigenvalue weighted by Gasteiger charge is -2.51. The first-order valence-corrected chi connectivity index (χ1v) is 22.2. The molecule has 6 aliphatic rings. The fraction of sp³-hybridized carbons (Fsp3) is 0.500. The van der Waals surface area contributed by atoms with Gasteiger partial charge in [-0.15, -0.1) is 11.6 Å². The minimum absolute atomic E-state index is 0.0741. The third-order valence-corrected chi connectivity index (χ3v) is 14.3. The summed E-state index contributed by atoms with van der Waals surface area (Å²) in [7, 11) is 0. The van der Waals surface area contributed by atoms with Crippen LogP contribution in [0, 0.1) is 29.1 Å². The quantitative estimate of drug-likeness (QED) is 0.120. The number of carbonyl (C=O) groups excluding carboxylic acids is 3. The molecule has 4 aliphatic carbocycles. The van der Waals surface area contributed by atoms with Gasteiger partial charge >= 0.3 is 11.9 Å². The number of fused-ring (bicyclic) bond motifs is 4. The summed E-state index contributed by atoms with van der Waals surface area (Å²) in [5.41, 5.74) is 0.638. The van der Waals surface area contributed by atoms with Crippen LogP contribution in [-0.2, 0) is 23.9 Å². The van der Waals surface area contributed by atoms with Crippen molar-refractivity contribution in [3.8, 4) is 11.5 Å². The van der Waals surface area contributed by atoms with Gasteiger partial charge in [-0.05, 0) is 116 Å². The van der Waals surface area contributed by atoms with Crippen LogP contribution in [0.2, 0.25) is 0 Å². The van der Waals surface area contributed by atoms with Crippen LogP contribution in [0.3, 0.4) is 0 Å². The highest BCUT2D eigenvalue weighted by Gasteiger charge is 2.58. The number of hydrogen-bond acceptors (Lipinski definition) is 8. The monoisotopic (exact) mass is 820 g/mol. The molecule has 0 amide bonds. The van der Waals surface area contributed by atoms with Gasteiger partial charge < -0.3 is 24.1 Å². The number of hydrogen-bond donors (Lipinski definition) is 1. The van der Waals surface area contributed by atoms with Crippen LogP contribution in [0.25, 0.3) is 21.5 Å². The van der Waals surface area contributed by atoms with E-state index >= 15 is 0 Å². The number of cyclic esters (lactones) is 2. The maximum Gasteiger partial charge on any atom is 0.312 e. The minimum atomic E-state index is -0.742. The number of aliphatic hydroxyl groups is 1. The first-order chi connectivity index (χ1) is 28.5. The van der Waals surface area contributed by atoms with Crippen molar-refractivity contribution in [1.82, 2.24) is 0 Å². The molecule has 312 valence electrons. The highest BCUT2D eigenvalue weighted by molar-refractivity contribution is 6.21. The Bertz CT molecular complexity index is 2190. The molecule has 4 aromatic rings. The van der Waals surface area contributed by atoms with Crippen molar-refractivity contribution in [2.24, 2.45) is 29.1 Å². The van der Waals surface area contributed by atoms with Gasteiger partial charge in [-0.3, -0.25) is 14.4 Å². The van der Waals surface area contributed by atoms with E-state index in [1.54, 1.807) is 0 Å². The molecule has 0 spiro atoms. The number of rotatable bonds is 5. The number of allylic oxidation sites excluding steroid dienone is 2. The smallest absolute Gasteiger partial charge is 0.312 e. The Balaban J connectivity index is 0.000000142. The lowest BCUT2D eigenvalue weighted by atomic mass is 9.57. The van der Waals surface area contributed by atoms with Crippen molar-refractivity contribution in [3.05, 3.63) is 96.6 Å². The molecule has 8 nitrogen and oxygen atoms in total. The second-order valence-corrected chi connectivity index (χ2v) is 18.6. The number of halogens is 1. The van der Waals surface area contributed by atoms with Gasteiger partial charge in [0.05, 0.1) is 28.7 Å². The summed E-state index contributed by atoms with van der Waals surface area (Å²) >= 11 is 5.84. The van der Waals surface area contributed by atoms with Gasteiger partial charge in [0.1, 0.15) is 17.3 Å². The van der Waals surface area contributed by atoms with Crippen molar-refractivity contribution in [2.45, 2.75) is 127 Å². The predicted octanol–water partition coefficient (Wildman–Crippen LogP) is 11.0. The summed E-state index contributed by atoms with van der Waals surface area (Å²) < 4.78 is 23.1. The summed E-state index contributed by atoms with van der Waals surface area (Å²) in [5, 5.41) is 16.5. The molecule has 8 atom stereocenters. The highest BCUT2D eigenvalue weighted by atomic mass is 35.5. The second-order valence-electron chi connectivity index (χ2n) is 18.0. The van der Waals surface area contributed by atoms with Crippen LogP contribution in [0.5, 0.6) is 11.5 Å². The maximum atomic E-state index is 12.5. The summed E-state index contributed by atoms with van der Waals surface area (Å²) in [4.78, 5) is 36.1. The average molecular weight is 821 g/mol. The SMILES string of the molecule is CC1([C@]2(O)CC[C@@H]3C(=O)O[C@@H](Oc4ccc5ccccc5c4)[C@@H]3C2)CCCCC1.CC1=CC(Cl)CCC1.O=C1CC[C@@H]2C(=O)O[C@@H](Oc3ccc4ccccc4c3)[C@@H]2C1. The number of ether oxygens (including phenoxy) is 4. The van der Waals surface area contributed by atoms with Gasteiger partial charge in [-0.2, -0.15) is 0 Å². The van der Waals surface area contributed by atoms with Gasteiger partial charge in [-0.1, -0.05) is 98.5 Å². The van der Waals surface area contributed by atoms with Gasteiger partial charge in [0, 0.05) is 18.8 Å². The average Bonchev–Trinajstić information content (AvgIpc) is 3.70. The molecule has 59 heavy (non-hydrogen) atoms. The Morgan fingerprint density at radius 1 is 0.661 bits per heavy atom. The predicted molar refractivity (Wildman–Crippen MR) is 229 cm³/mol. The number of benzene rings is 4. The van der Waals surface area contributed by atoms with E-state index in [0.29, 0.717) is 55.4 Å². The molecular weight excluding hydrogens is 764 g/mol. The largest absolute Gasteiger partial charge is 0.454 e. The zero-order valence-electron chi connectivity index (χ0n) is 34.3. The van der Waals surface area contributed by atoms with Crippen molar-refractivity contribution in [2.75, 3.05) is 0 Å². The Kier molecular flexibility index (Phi) is 12.4. The molecule has 2 saturated heterocycles. The van der Waals surface area contributed by atoms with E-state index in [4.69, 9.17) is 30.5 Å². The van der Waals surface area contributed by atoms with Gasteiger partial charge in [0.15, 0.2) is 0 Å². The summed E-state index contributed by atoms with van der Waals surface area (Å²) in [6.07, 6.45) is 13.7. The van der Waals surface area contributed by atoms with Crippen LogP contribution in [-0.4, -0.2) is 46.4 Å². The fourth-order valence-electron chi connectivity index (χ4n) is 10.4. The van der Waals surface area contributed by atoms with Crippen molar-refractivity contribution >= 4 is 50.9 Å². The first kappa shape index (κ1) is 41.3. The summed E-state index contributed by atoms with van der Waals surface area (Å²) in [5.74, 6) is 0.560. The molecule has 0 radical (unpaired) electrons. The molecule has 1 N–H and O–H groups in total. The van der Waals surface area contributed by atoms with Gasteiger partial charge in [0.25, 0.3) is 0 Å². The van der Waals surface area contributed by atoms with Crippen molar-refractivity contribution < 1.29 is 38.4 Å². The molecular formula is C50H57ClO8. The standard InChI is InChI=1S/C25H30O4.C18H16O4.C7H11Cl/c1-24(12-5-2-6-13-24)25(27)14-11-20-21(16-25)23(29-22(20)26)28-19-10-9-17-7-3-4-8-18(17)15-19;19-13-6-8-15-16(10-13)18(22-17(15)20)21-14-7-5-11-3-1-2-4-12(11)9-14;1-6-3-2-4-7(8)5-6/h3-4,7-10,15,20-21,23,27H,2,5-6,11-14,16H2,1H3;1-5,7,9,15-16,18H,6,8,10H2;5,7H,2-4H2,1H3/t20-,21+,23+,25-;15-,16+,18+;/m00./s1. The number of esters is 2. The van der Waals surface area contributed by atoms with Crippen LogP contribution in [0.1, 0.15) is 104 Å². The second kappa shape index (κ2) is 17.7. The van der Waals surface area contributed by atoms with Crippen LogP contribution in [0.15, 0.2) is 96.6 Å². The van der Waals surface area contributed by atoms with Crippen LogP contribution in [0.4, 0.5) is 0 Å². The topological polar surface area (TPSA) is 108 Å². The fourth-order valence-corrected chi connectivity index (χ4v) is 10.8. The van der Waals surface area contributed by atoms with Crippen molar-refractivity contribution in [1.29, 1.82) is 0 Å². The Morgan fingerprint density at radius 3 is 1.78 bits per heavy atom. The van der Waals surface area contributed by atoms with E-state index in [1.165, 1.54) is 44.1 Å². The number of Topliss-reactive ketones (excluding diaryl/α,β-unsaturated/α-hetero) is 1. The lowest BCUT2D eigenvalue weighted by Crippen LogP contribution is -2.53. The third-order valence-electron chi connectivity index (χ3n) is 14.0. The van der Waals surface area contributed by atoms with E-state index in [0.717, 1.165) is 34.4 Å². The van der Waals surface area contributed by atoms with E-state index in [9.17, 15) is 19.5 Å². The molecule has 3 saturated carbocycles.